The first-order valence-corrected chi connectivity index (χ1v) is 9.13. The van der Waals surface area contributed by atoms with Gasteiger partial charge in [0.05, 0.1) is 17.7 Å². The smallest absolute Gasteiger partial charge is 0.223 e. The second kappa shape index (κ2) is 6.21. The monoisotopic (exact) mass is 347 g/mol. The van der Waals surface area contributed by atoms with Gasteiger partial charge in [-0.15, -0.1) is 16.4 Å². The number of carbonyl (C=O) groups is 1. The van der Waals surface area contributed by atoms with Gasteiger partial charge in [-0.05, 0) is 30.2 Å². The Labute approximate surface area is 144 Å². The molecule has 2 fully saturated rings. The molecule has 0 aliphatic carbocycles. The summed E-state index contributed by atoms with van der Waals surface area (Å²) in [7, 11) is 1.86. The van der Waals surface area contributed by atoms with Crippen molar-refractivity contribution >= 4 is 17.2 Å². The van der Waals surface area contributed by atoms with Crippen molar-refractivity contribution in [2.75, 3.05) is 13.1 Å². The molecular weight excluding hydrogens is 326 g/mol. The van der Waals surface area contributed by atoms with E-state index in [4.69, 9.17) is 0 Å². The molecule has 0 spiro atoms. The first-order chi connectivity index (χ1) is 11.6. The van der Waals surface area contributed by atoms with Crippen LogP contribution in [0.4, 0.5) is 0 Å². The maximum absolute atomic E-state index is 12.6. The minimum atomic E-state index is 0.273. The van der Waals surface area contributed by atoms with E-state index in [1.54, 1.807) is 16.0 Å². The zero-order valence-corrected chi connectivity index (χ0v) is 14.7. The number of hydrogen-bond donors (Lipinski definition) is 0. The first kappa shape index (κ1) is 15.6. The zero-order valence-electron chi connectivity index (χ0n) is 13.9. The lowest BCUT2D eigenvalue weighted by Gasteiger charge is -2.33. The molecule has 0 saturated carbocycles. The summed E-state index contributed by atoms with van der Waals surface area (Å²) in [5.41, 5.74) is 2.91. The van der Waals surface area contributed by atoms with E-state index in [-0.39, 0.29) is 5.91 Å². The fourth-order valence-electron chi connectivity index (χ4n) is 3.74. The van der Waals surface area contributed by atoms with E-state index in [1.807, 2.05) is 19.5 Å². The van der Waals surface area contributed by atoms with Crippen molar-refractivity contribution in [1.29, 1.82) is 0 Å². The number of likely N-dealkylation sites (tertiary alicyclic amines) is 2. The van der Waals surface area contributed by atoms with E-state index in [0.29, 0.717) is 18.5 Å². The Balaban J connectivity index is 1.32. The highest BCUT2D eigenvalue weighted by Crippen LogP contribution is 2.32. The molecule has 24 heavy (non-hydrogen) atoms. The Kier molecular flexibility index (Phi) is 4.05. The van der Waals surface area contributed by atoms with Crippen LogP contribution in [-0.2, 0) is 24.8 Å². The van der Waals surface area contributed by atoms with Gasteiger partial charge in [-0.3, -0.25) is 9.69 Å². The standard InChI is InChI=1S/C15H21N7OS/c1-10-13(24-9-16-10)3-4-15(23)22-7-11-5-12(22)6-21(11)8-14-17-18-19-20(14)2/h9,11-12H,3-8H2,1-2H3/t11-,12-/m0/s1. The molecule has 2 aromatic rings. The average molecular weight is 347 g/mol. The molecule has 2 aliphatic heterocycles. The number of aryl methyl sites for hydroxylation is 3. The van der Waals surface area contributed by atoms with Crippen LogP contribution in [0.2, 0.25) is 0 Å². The van der Waals surface area contributed by atoms with Crippen molar-refractivity contribution < 1.29 is 4.79 Å². The quantitative estimate of drug-likeness (QED) is 0.779. The van der Waals surface area contributed by atoms with Crippen LogP contribution >= 0.6 is 11.3 Å². The van der Waals surface area contributed by atoms with Crippen molar-refractivity contribution in [3.8, 4) is 0 Å². The van der Waals surface area contributed by atoms with Gasteiger partial charge in [-0.1, -0.05) is 0 Å². The summed E-state index contributed by atoms with van der Waals surface area (Å²) >= 11 is 1.64. The first-order valence-electron chi connectivity index (χ1n) is 8.25. The van der Waals surface area contributed by atoms with Crippen molar-refractivity contribution in [2.24, 2.45) is 7.05 Å². The van der Waals surface area contributed by atoms with Crippen LogP contribution in [0.25, 0.3) is 0 Å². The highest BCUT2D eigenvalue weighted by atomic mass is 32.1. The minimum Gasteiger partial charge on any atom is -0.337 e. The second-order valence-electron chi connectivity index (χ2n) is 6.60. The Hall–Kier alpha value is -1.87. The van der Waals surface area contributed by atoms with Gasteiger partial charge in [0, 0.05) is 43.5 Å². The van der Waals surface area contributed by atoms with Gasteiger partial charge in [0.2, 0.25) is 5.91 Å². The number of thiazole rings is 1. The van der Waals surface area contributed by atoms with Crippen molar-refractivity contribution in [3.05, 3.63) is 21.9 Å². The third-order valence-electron chi connectivity index (χ3n) is 5.14. The fraction of sp³-hybridized carbons (Fsp3) is 0.667. The molecular formula is C15H21N7OS. The van der Waals surface area contributed by atoms with E-state index >= 15 is 0 Å². The summed E-state index contributed by atoms with van der Waals surface area (Å²) in [6.07, 6.45) is 2.45. The third-order valence-corrected chi connectivity index (χ3v) is 6.13. The summed E-state index contributed by atoms with van der Waals surface area (Å²) < 4.78 is 1.71. The lowest BCUT2D eigenvalue weighted by molar-refractivity contribution is -0.133. The third kappa shape index (κ3) is 2.82. The normalized spacial score (nSPS) is 23.3. The number of piperazine rings is 1. The SMILES string of the molecule is Cc1ncsc1CCC(=O)N1C[C@@H]2C[C@H]1CN2Cc1nnnn1C. The van der Waals surface area contributed by atoms with Crippen LogP contribution in [0.15, 0.2) is 5.51 Å². The molecule has 0 N–H and O–H groups in total. The van der Waals surface area contributed by atoms with Gasteiger partial charge in [0.25, 0.3) is 0 Å². The van der Waals surface area contributed by atoms with E-state index in [0.717, 1.165) is 44.0 Å². The summed E-state index contributed by atoms with van der Waals surface area (Å²) in [4.78, 5) is 22.5. The Bertz CT molecular complexity index is 742. The molecule has 8 nitrogen and oxygen atoms in total. The second-order valence-corrected chi connectivity index (χ2v) is 7.54. The predicted molar refractivity (Wildman–Crippen MR) is 88.3 cm³/mol. The molecule has 2 aliphatic rings. The van der Waals surface area contributed by atoms with Crippen molar-refractivity contribution in [1.82, 2.24) is 35.0 Å². The molecule has 128 valence electrons. The maximum Gasteiger partial charge on any atom is 0.223 e. The number of hydrogen-bond acceptors (Lipinski definition) is 7. The van der Waals surface area contributed by atoms with Crippen LogP contribution in [0.1, 0.15) is 29.2 Å². The summed E-state index contributed by atoms with van der Waals surface area (Å²) in [6.45, 7) is 4.51. The lowest BCUT2D eigenvalue weighted by atomic mass is 10.2. The maximum atomic E-state index is 12.6. The van der Waals surface area contributed by atoms with Crippen molar-refractivity contribution in [3.63, 3.8) is 0 Å². The van der Waals surface area contributed by atoms with Gasteiger partial charge in [-0.2, -0.15) is 0 Å². The highest BCUT2D eigenvalue weighted by Gasteiger charge is 2.45. The number of nitrogens with zero attached hydrogens (tertiary/aromatic N) is 7. The average Bonchev–Trinajstić information content (AvgIpc) is 3.32. The highest BCUT2D eigenvalue weighted by molar-refractivity contribution is 7.09. The molecule has 2 aromatic heterocycles. The molecule has 0 aromatic carbocycles. The van der Waals surface area contributed by atoms with Crippen LogP contribution in [0.3, 0.4) is 0 Å². The number of carbonyl (C=O) groups excluding carboxylic acids is 1. The molecule has 2 saturated heterocycles. The molecule has 2 bridgehead atoms. The fourth-order valence-corrected chi connectivity index (χ4v) is 4.52. The van der Waals surface area contributed by atoms with Gasteiger partial charge in [0.1, 0.15) is 0 Å². The number of fused-ring (bicyclic) bond motifs is 2. The molecule has 2 atom stereocenters. The van der Waals surface area contributed by atoms with E-state index < -0.39 is 0 Å². The van der Waals surface area contributed by atoms with Gasteiger partial charge < -0.3 is 4.90 Å². The molecule has 1 amide bonds. The van der Waals surface area contributed by atoms with Crippen molar-refractivity contribution in [2.45, 2.75) is 44.8 Å². The van der Waals surface area contributed by atoms with E-state index in [1.165, 1.54) is 4.88 Å². The van der Waals surface area contributed by atoms with Crippen LogP contribution in [0.5, 0.6) is 0 Å². The van der Waals surface area contributed by atoms with Crippen LogP contribution < -0.4 is 0 Å². The Morgan fingerprint density at radius 2 is 2.25 bits per heavy atom. The largest absolute Gasteiger partial charge is 0.337 e. The number of aromatic nitrogens is 5. The van der Waals surface area contributed by atoms with E-state index in [9.17, 15) is 4.79 Å². The molecule has 4 heterocycles. The lowest BCUT2D eigenvalue weighted by Crippen LogP contribution is -2.48. The predicted octanol–water partition coefficient (Wildman–Crippen LogP) is 0.393. The van der Waals surface area contributed by atoms with Gasteiger partial charge in [0.15, 0.2) is 5.82 Å². The molecule has 0 radical (unpaired) electrons. The molecule has 9 heteroatoms. The van der Waals surface area contributed by atoms with Gasteiger partial charge >= 0.3 is 0 Å². The summed E-state index contributed by atoms with van der Waals surface area (Å²) in [5.74, 6) is 1.15. The number of rotatable bonds is 5. The Morgan fingerprint density at radius 1 is 1.38 bits per heavy atom. The number of tetrazole rings is 1. The summed E-state index contributed by atoms with van der Waals surface area (Å²) in [6, 6.07) is 0.770. The number of amides is 1. The van der Waals surface area contributed by atoms with Crippen LogP contribution in [0, 0.1) is 6.92 Å². The molecule has 0 unspecified atom stereocenters. The topological polar surface area (TPSA) is 80.0 Å². The van der Waals surface area contributed by atoms with Gasteiger partial charge in [-0.25, -0.2) is 9.67 Å². The van der Waals surface area contributed by atoms with Crippen LogP contribution in [-0.4, -0.2) is 66.1 Å². The summed E-state index contributed by atoms with van der Waals surface area (Å²) in [5, 5.41) is 11.6. The molecule has 4 rings (SSSR count). The van der Waals surface area contributed by atoms with E-state index in [2.05, 4.69) is 30.3 Å². The Morgan fingerprint density at radius 3 is 2.88 bits per heavy atom. The minimum absolute atomic E-state index is 0.273. The zero-order chi connectivity index (χ0) is 16.7.